The lowest BCUT2D eigenvalue weighted by molar-refractivity contribution is -0.131. The molecule has 0 radical (unpaired) electrons. The van der Waals surface area contributed by atoms with E-state index in [1.807, 2.05) is 0 Å². The number of hydrogen-bond acceptors (Lipinski definition) is 4. The highest BCUT2D eigenvalue weighted by atomic mass is 32.1. The van der Waals surface area contributed by atoms with Crippen LogP contribution in [0.2, 0.25) is 0 Å². The molecule has 3 N–H and O–H groups in total. The second-order valence-electron chi connectivity index (χ2n) is 4.78. The minimum atomic E-state index is -0.739. The van der Waals surface area contributed by atoms with Crippen LogP contribution < -0.4 is 11.1 Å². The number of carbonyl (C=O) groups is 1. The zero-order chi connectivity index (χ0) is 14.1. The maximum absolute atomic E-state index is 12.3. The normalized spacial score (nSPS) is 17.9. The van der Waals surface area contributed by atoms with Gasteiger partial charge in [-0.15, -0.1) is 0 Å². The Bertz CT molecular complexity index is 304. The first-order valence-corrected chi connectivity index (χ1v) is 7.28. The van der Waals surface area contributed by atoms with Gasteiger partial charge in [-0.1, -0.05) is 25.6 Å². The Kier molecular flexibility index (Phi) is 7.27. The summed E-state index contributed by atoms with van der Waals surface area (Å²) in [4.78, 5) is 12.5. The molecule has 0 bridgehead atoms. The molecule has 0 aromatic carbocycles. The van der Waals surface area contributed by atoms with Crippen molar-refractivity contribution in [3.63, 3.8) is 0 Å². The molecule has 19 heavy (non-hydrogen) atoms. The van der Waals surface area contributed by atoms with E-state index in [2.05, 4.69) is 12.2 Å². The summed E-state index contributed by atoms with van der Waals surface area (Å²) >= 11 is 5.07. The quantitative estimate of drug-likeness (QED) is 0.515. The van der Waals surface area contributed by atoms with Crippen molar-refractivity contribution >= 4 is 23.1 Å². The van der Waals surface area contributed by atoms with E-state index in [0.29, 0.717) is 39.2 Å². The van der Waals surface area contributed by atoms with E-state index in [1.165, 1.54) is 0 Å². The van der Waals surface area contributed by atoms with E-state index < -0.39 is 5.41 Å². The van der Waals surface area contributed by atoms with Gasteiger partial charge in [0.2, 0.25) is 5.91 Å². The molecule has 0 spiro atoms. The van der Waals surface area contributed by atoms with E-state index in [0.717, 1.165) is 19.4 Å². The highest BCUT2D eigenvalue weighted by molar-refractivity contribution is 7.80. The number of rotatable bonds is 8. The van der Waals surface area contributed by atoms with Crippen molar-refractivity contribution in [1.29, 1.82) is 0 Å². The van der Waals surface area contributed by atoms with Crippen LogP contribution in [0.4, 0.5) is 0 Å². The van der Waals surface area contributed by atoms with E-state index >= 15 is 0 Å². The van der Waals surface area contributed by atoms with Crippen LogP contribution in [-0.2, 0) is 14.3 Å². The Hall–Kier alpha value is -0.720. The molecule has 5 nitrogen and oxygen atoms in total. The standard InChI is InChI=1S/C13H24N2O3S/c1-2-3-7-17-10-6-15-12(16)13(11(14)19)4-8-18-9-5-13/h2-10H2,1H3,(H2,14,19)(H,15,16). The van der Waals surface area contributed by atoms with Gasteiger partial charge in [-0.2, -0.15) is 0 Å². The summed E-state index contributed by atoms with van der Waals surface area (Å²) < 4.78 is 10.7. The van der Waals surface area contributed by atoms with Crippen molar-refractivity contribution < 1.29 is 14.3 Å². The number of hydrogen-bond donors (Lipinski definition) is 2. The van der Waals surface area contributed by atoms with Crippen LogP contribution in [0.3, 0.4) is 0 Å². The SMILES string of the molecule is CCCCOCCNC(=O)C1(C(N)=S)CCOCC1. The second-order valence-corrected chi connectivity index (χ2v) is 5.22. The van der Waals surface area contributed by atoms with Gasteiger partial charge in [0.25, 0.3) is 0 Å². The molecule has 6 heteroatoms. The average molecular weight is 288 g/mol. The van der Waals surface area contributed by atoms with E-state index in [4.69, 9.17) is 27.4 Å². The molecule has 1 aliphatic heterocycles. The van der Waals surface area contributed by atoms with Gasteiger partial charge in [-0.25, -0.2) is 0 Å². The van der Waals surface area contributed by atoms with Gasteiger partial charge in [0, 0.05) is 26.4 Å². The zero-order valence-electron chi connectivity index (χ0n) is 11.6. The first kappa shape index (κ1) is 16.3. The fourth-order valence-electron chi connectivity index (χ4n) is 2.06. The Labute approximate surface area is 120 Å². The molecule has 1 aliphatic rings. The van der Waals surface area contributed by atoms with Gasteiger partial charge in [-0.3, -0.25) is 4.79 Å². The molecule has 0 unspecified atom stereocenters. The molecule has 1 amide bonds. The van der Waals surface area contributed by atoms with Gasteiger partial charge < -0.3 is 20.5 Å². The number of nitrogens with two attached hydrogens (primary N) is 1. The molecule has 1 heterocycles. The number of unbranched alkanes of at least 4 members (excludes halogenated alkanes) is 1. The Morgan fingerprint density at radius 2 is 2.11 bits per heavy atom. The van der Waals surface area contributed by atoms with Crippen LogP contribution in [0.15, 0.2) is 0 Å². The summed E-state index contributed by atoms with van der Waals surface area (Å²) in [7, 11) is 0. The smallest absolute Gasteiger partial charge is 0.233 e. The molecule has 0 aliphatic carbocycles. The first-order valence-electron chi connectivity index (χ1n) is 6.87. The fraction of sp³-hybridized carbons (Fsp3) is 0.846. The molecule has 0 aromatic rings. The number of carbonyl (C=O) groups excluding carboxylic acids is 1. The molecule has 110 valence electrons. The minimum absolute atomic E-state index is 0.0950. The molecule has 0 atom stereocenters. The molecular formula is C13H24N2O3S. The number of amides is 1. The van der Waals surface area contributed by atoms with Crippen molar-refractivity contribution in [3.05, 3.63) is 0 Å². The van der Waals surface area contributed by atoms with E-state index in [-0.39, 0.29) is 10.9 Å². The summed E-state index contributed by atoms with van der Waals surface area (Å²) in [6.45, 7) is 4.92. The Morgan fingerprint density at radius 3 is 2.68 bits per heavy atom. The van der Waals surface area contributed by atoms with Crippen LogP contribution in [0.25, 0.3) is 0 Å². The van der Waals surface area contributed by atoms with Crippen LogP contribution in [-0.4, -0.2) is 43.9 Å². The largest absolute Gasteiger partial charge is 0.392 e. The lowest BCUT2D eigenvalue weighted by atomic mass is 9.79. The number of thiocarbonyl (C=S) groups is 1. The summed E-state index contributed by atoms with van der Waals surface area (Å²) in [5, 5.41) is 2.86. The third kappa shape index (κ3) is 4.71. The van der Waals surface area contributed by atoms with Crippen molar-refractivity contribution in [2.75, 3.05) is 33.0 Å². The lowest BCUT2D eigenvalue weighted by Gasteiger charge is -2.34. The fourth-order valence-corrected chi connectivity index (χ4v) is 2.36. The Morgan fingerprint density at radius 1 is 1.42 bits per heavy atom. The molecule has 0 aromatic heterocycles. The highest BCUT2D eigenvalue weighted by Gasteiger charge is 2.42. The summed E-state index contributed by atoms with van der Waals surface area (Å²) in [6, 6.07) is 0. The topological polar surface area (TPSA) is 73.6 Å². The summed E-state index contributed by atoms with van der Waals surface area (Å²) in [5.74, 6) is -0.0950. The average Bonchev–Trinajstić information content (AvgIpc) is 2.43. The van der Waals surface area contributed by atoms with Crippen molar-refractivity contribution in [3.8, 4) is 0 Å². The van der Waals surface area contributed by atoms with Gasteiger partial charge in [0.15, 0.2) is 0 Å². The van der Waals surface area contributed by atoms with Crippen molar-refractivity contribution in [2.24, 2.45) is 11.1 Å². The maximum atomic E-state index is 12.3. The van der Waals surface area contributed by atoms with Crippen LogP contribution in [0, 0.1) is 5.41 Å². The molecule has 1 rings (SSSR count). The first-order chi connectivity index (χ1) is 9.13. The number of nitrogens with one attached hydrogen (secondary N) is 1. The van der Waals surface area contributed by atoms with Crippen LogP contribution in [0.1, 0.15) is 32.6 Å². The minimum Gasteiger partial charge on any atom is -0.392 e. The third-order valence-corrected chi connectivity index (χ3v) is 3.82. The van der Waals surface area contributed by atoms with Crippen molar-refractivity contribution in [2.45, 2.75) is 32.6 Å². The van der Waals surface area contributed by atoms with E-state index in [9.17, 15) is 4.79 Å². The summed E-state index contributed by atoms with van der Waals surface area (Å²) in [6.07, 6.45) is 3.27. The second kappa shape index (κ2) is 8.45. The third-order valence-electron chi connectivity index (χ3n) is 3.43. The van der Waals surface area contributed by atoms with E-state index in [1.54, 1.807) is 0 Å². The zero-order valence-corrected chi connectivity index (χ0v) is 12.4. The predicted molar refractivity (Wildman–Crippen MR) is 78.0 cm³/mol. The van der Waals surface area contributed by atoms with Crippen molar-refractivity contribution in [1.82, 2.24) is 5.32 Å². The Balaban J connectivity index is 2.35. The van der Waals surface area contributed by atoms with Crippen LogP contribution in [0.5, 0.6) is 0 Å². The molecule has 0 saturated carbocycles. The molecular weight excluding hydrogens is 264 g/mol. The lowest BCUT2D eigenvalue weighted by Crippen LogP contribution is -2.52. The molecule has 1 saturated heterocycles. The van der Waals surface area contributed by atoms with Gasteiger partial charge in [0.05, 0.1) is 11.6 Å². The monoisotopic (exact) mass is 288 g/mol. The van der Waals surface area contributed by atoms with Crippen LogP contribution >= 0.6 is 12.2 Å². The predicted octanol–water partition coefficient (Wildman–Crippen LogP) is 1.00. The molecule has 1 fully saturated rings. The van der Waals surface area contributed by atoms with Gasteiger partial charge in [0.1, 0.15) is 5.41 Å². The van der Waals surface area contributed by atoms with Gasteiger partial charge >= 0.3 is 0 Å². The highest BCUT2D eigenvalue weighted by Crippen LogP contribution is 2.31. The summed E-state index contributed by atoms with van der Waals surface area (Å²) in [5.41, 5.74) is 5.02. The van der Waals surface area contributed by atoms with Gasteiger partial charge in [-0.05, 0) is 19.3 Å². The number of ether oxygens (including phenoxy) is 2. The maximum Gasteiger partial charge on any atom is 0.233 e.